The number of rotatable bonds is 16. The van der Waals surface area contributed by atoms with Crippen LogP contribution < -0.4 is 10.6 Å². The summed E-state index contributed by atoms with van der Waals surface area (Å²) in [4.78, 5) is 14.1. The second-order valence-electron chi connectivity index (χ2n) is 9.69. The van der Waals surface area contributed by atoms with Gasteiger partial charge in [-0.15, -0.1) is 12.0 Å². The van der Waals surface area contributed by atoms with Crippen LogP contribution in [0.15, 0.2) is 0 Å². The van der Waals surface area contributed by atoms with Gasteiger partial charge in [-0.2, -0.15) is 0 Å². The number of ketones is 1. The first-order chi connectivity index (χ1) is 15.3. The third kappa shape index (κ3) is 8.93. The average Bonchev–Trinajstić information content (AvgIpc) is 2.83. The third-order valence-corrected chi connectivity index (χ3v) is 9.24. The van der Waals surface area contributed by atoms with Gasteiger partial charge in [-0.1, -0.05) is 34.6 Å². The number of carbonyl (C=O) groups excluding carboxylic acids is 1. The highest BCUT2D eigenvalue weighted by Crippen LogP contribution is 2.26. The van der Waals surface area contributed by atoms with E-state index < -0.39 is 42.0 Å². The van der Waals surface area contributed by atoms with Gasteiger partial charge in [0.2, 0.25) is 0 Å². The van der Waals surface area contributed by atoms with E-state index >= 15 is 0 Å². The topological polar surface area (TPSA) is 122 Å². The van der Waals surface area contributed by atoms with Crippen LogP contribution in [-0.4, -0.2) is 86.3 Å². The fourth-order valence-electron chi connectivity index (χ4n) is 4.04. The molecule has 0 spiro atoms. The molecule has 0 saturated carbocycles. The van der Waals surface area contributed by atoms with Crippen LogP contribution in [0.25, 0.3) is 0 Å². The van der Waals surface area contributed by atoms with E-state index in [1.54, 1.807) is 0 Å². The fraction of sp³-hybridized carbons (Fsp3) is 0.920. The standard InChI is InChI=1S/C25H51N2O5S/c1-10-24(8,11-2)27-20(22(31)21(30)19(29)15-28)23(32)25(12-3,13-4)26-18(7)17(6)16-33(9)14-5/h17-22,26-31H,10-13,15-16H2,1-9H3/q-1. The molecule has 6 unspecified atom stereocenters. The molecular formula is C25H51N2O5S-. The Morgan fingerprint density at radius 1 is 0.970 bits per heavy atom. The van der Waals surface area contributed by atoms with E-state index in [1.807, 2.05) is 41.5 Å². The molecule has 0 aromatic rings. The second-order valence-corrected chi connectivity index (χ2v) is 11.7. The molecule has 0 aromatic carbocycles. The van der Waals surface area contributed by atoms with Gasteiger partial charge < -0.3 is 41.2 Å². The van der Waals surface area contributed by atoms with E-state index in [1.165, 1.54) is 0 Å². The monoisotopic (exact) mass is 491 g/mol. The quantitative estimate of drug-likeness (QED) is 0.181. The Hall–Kier alpha value is -0.440. The first-order valence-corrected chi connectivity index (χ1v) is 14.2. The lowest BCUT2D eigenvalue weighted by Gasteiger charge is -2.44. The van der Waals surface area contributed by atoms with Crippen molar-refractivity contribution in [2.45, 2.75) is 123 Å². The average molecular weight is 492 g/mol. The van der Waals surface area contributed by atoms with E-state index in [9.17, 15) is 25.2 Å². The van der Waals surface area contributed by atoms with Crippen LogP contribution in [0.1, 0.15) is 81.1 Å². The van der Waals surface area contributed by atoms with Gasteiger partial charge in [0.05, 0.1) is 18.2 Å². The van der Waals surface area contributed by atoms with Crippen molar-refractivity contribution in [1.82, 2.24) is 10.6 Å². The summed E-state index contributed by atoms with van der Waals surface area (Å²) >= 11 is 0. The Morgan fingerprint density at radius 3 is 1.88 bits per heavy atom. The zero-order valence-corrected chi connectivity index (χ0v) is 23.1. The predicted octanol–water partition coefficient (Wildman–Crippen LogP) is 1.57. The molecule has 7 nitrogen and oxygen atoms in total. The fourth-order valence-corrected chi connectivity index (χ4v) is 5.28. The summed E-state index contributed by atoms with van der Waals surface area (Å²) in [6.45, 7) is 15.4. The number of hydrogen-bond acceptors (Lipinski definition) is 8. The molecule has 0 aromatic heterocycles. The zero-order chi connectivity index (χ0) is 26.0. The number of nitrogens with one attached hydrogen (secondary N) is 2. The molecule has 198 valence electrons. The zero-order valence-electron chi connectivity index (χ0n) is 22.3. The highest BCUT2D eigenvalue weighted by atomic mass is 32.2. The maximum absolute atomic E-state index is 14.1. The van der Waals surface area contributed by atoms with E-state index in [4.69, 9.17) is 0 Å². The molecule has 0 radical (unpaired) electrons. The lowest BCUT2D eigenvalue weighted by Crippen LogP contribution is -2.68. The van der Waals surface area contributed by atoms with Gasteiger partial charge in [0, 0.05) is 11.6 Å². The van der Waals surface area contributed by atoms with Gasteiger partial charge in [-0.25, -0.2) is 0 Å². The molecule has 0 bridgehead atoms. The lowest BCUT2D eigenvalue weighted by molar-refractivity contribution is -0.139. The van der Waals surface area contributed by atoms with Gasteiger partial charge in [0.25, 0.3) is 0 Å². The molecule has 0 heterocycles. The van der Waals surface area contributed by atoms with Gasteiger partial charge in [-0.3, -0.25) is 10.1 Å². The molecule has 0 aliphatic carbocycles. The highest BCUT2D eigenvalue weighted by molar-refractivity contribution is 7.85. The molecule has 33 heavy (non-hydrogen) atoms. The van der Waals surface area contributed by atoms with Crippen molar-refractivity contribution in [2.75, 3.05) is 18.6 Å². The Bertz CT molecular complexity index is 667. The van der Waals surface area contributed by atoms with Crippen molar-refractivity contribution in [1.29, 1.82) is 0 Å². The first kappa shape index (κ1) is 32.6. The van der Waals surface area contributed by atoms with Crippen molar-refractivity contribution < 1.29 is 25.2 Å². The summed E-state index contributed by atoms with van der Waals surface area (Å²) in [5.74, 6) is 1.05. The Balaban J connectivity index is 6.19. The number of carbonyl (C=O) groups is 1. The maximum Gasteiger partial charge on any atom is 0.172 e. The molecule has 0 fully saturated rings. The molecule has 0 rings (SSSR count). The molecule has 0 aliphatic rings. The van der Waals surface area contributed by atoms with Gasteiger partial charge in [0.15, 0.2) is 5.78 Å². The summed E-state index contributed by atoms with van der Waals surface area (Å²) in [5, 5.41) is 50.9. The van der Waals surface area contributed by atoms with Crippen molar-refractivity contribution in [3.05, 3.63) is 0 Å². The number of hydrogen-bond donors (Lipinski definition) is 6. The summed E-state index contributed by atoms with van der Waals surface area (Å²) in [6.07, 6.45) is -0.156. The van der Waals surface area contributed by atoms with Crippen molar-refractivity contribution in [2.24, 2.45) is 5.92 Å². The van der Waals surface area contributed by atoms with E-state index in [0.717, 1.165) is 5.75 Å². The first-order valence-electron chi connectivity index (χ1n) is 12.4. The number of Topliss-reactive ketones (excluding diaryl/α,β-unsaturated/α-hetero) is 1. The molecule has 0 saturated heterocycles. The summed E-state index contributed by atoms with van der Waals surface area (Å²) < 4.78 is 0. The van der Waals surface area contributed by atoms with Crippen LogP contribution in [-0.2, 0) is 15.1 Å². The van der Waals surface area contributed by atoms with Gasteiger partial charge in [0.1, 0.15) is 18.3 Å². The van der Waals surface area contributed by atoms with E-state index in [0.29, 0.717) is 31.6 Å². The SMILES string of the molecule is CC#[S-](C)CC(C)C(C)NC(CC)(CC)C(=O)C(NC(C)(CC)CC)C(O)C(O)C(O)CO. The van der Waals surface area contributed by atoms with Crippen LogP contribution >= 0.6 is 0 Å². The maximum atomic E-state index is 14.1. The second kappa shape index (κ2) is 14.8. The Morgan fingerprint density at radius 2 is 1.48 bits per heavy atom. The molecule has 6 atom stereocenters. The minimum Gasteiger partial charge on any atom is -0.457 e. The Kier molecular flexibility index (Phi) is 14.6. The van der Waals surface area contributed by atoms with Crippen LogP contribution in [0.4, 0.5) is 0 Å². The molecule has 0 aliphatic heterocycles. The normalized spacial score (nSPS) is 18.4. The van der Waals surface area contributed by atoms with Crippen LogP contribution in [0.3, 0.4) is 0 Å². The van der Waals surface area contributed by atoms with Crippen LogP contribution in [0, 0.1) is 11.1 Å². The summed E-state index contributed by atoms with van der Waals surface area (Å²) in [7, 11) is 0.0729. The molecular weight excluding hydrogens is 440 g/mol. The number of aliphatic hydroxyl groups excluding tert-OH is 4. The van der Waals surface area contributed by atoms with Crippen molar-refractivity contribution in [3.63, 3.8) is 0 Å². The largest absolute Gasteiger partial charge is 0.457 e. The van der Waals surface area contributed by atoms with Crippen molar-refractivity contribution >= 4 is 16.1 Å². The minimum absolute atomic E-state index is 0.0478. The number of aliphatic hydroxyl groups is 4. The van der Waals surface area contributed by atoms with Gasteiger partial charge >= 0.3 is 0 Å². The lowest BCUT2D eigenvalue weighted by atomic mass is 9.79. The van der Waals surface area contributed by atoms with E-state index in [2.05, 4.69) is 35.9 Å². The summed E-state index contributed by atoms with van der Waals surface area (Å²) in [5.41, 5.74) is -1.36. The third-order valence-electron chi connectivity index (χ3n) is 7.52. The smallest absolute Gasteiger partial charge is 0.172 e. The van der Waals surface area contributed by atoms with E-state index in [-0.39, 0.29) is 22.1 Å². The molecule has 8 heteroatoms. The van der Waals surface area contributed by atoms with Crippen LogP contribution in [0.2, 0.25) is 0 Å². The predicted molar refractivity (Wildman–Crippen MR) is 139 cm³/mol. The molecule has 6 N–H and O–H groups in total. The highest BCUT2D eigenvalue weighted by Gasteiger charge is 2.46. The minimum atomic E-state index is -1.66. The van der Waals surface area contributed by atoms with Crippen molar-refractivity contribution in [3.8, 4) is 5.18 Å². The molecule has 0 amide bonds. The van der Waals surface area contributed by atoms with Gasteiger partial charge in [-0.05, 0) is 52.4 Å². The Labute approximate surface area is 204 Å². The van der Waals surface area contributed by atoms with Crippen LogP contribution in [0.5, 0.6) is 0 Å². The summed E-state index contributed by atoms with van der Waals surface area (Å²) in [6, 6.07) is -1.06.